The van der Waals surface area contributed by atoms with Crippen LogP contribution in [0.25, 0.3) is 11.3 Å². The minimum absolute atomic E-state index is 0.0151. The SMILES string of the molecule is CC(C)C(=O)Nc1nc(-c2ccc3c(c2)CCCC3)cs1. The molecule has 1 aliphatic carbocycles. The number of benzene rings is 1. The summed E-state index contributed by atoms with van der Waals surface area (Å²) in [4.78, 5) is 16.2. The Kier molecular flexibility index (Phi) is 4.06. The van der Waals surface area contributed by atoms with Gasteiger partial charge in [0.1, 0.15) is 0 Å². The fourth-order valence-electron chi connectivity index (χ4n) is 2.61. The molecule has 0 unspecified atom stereocenters. The predicted molar refractivity (Wildman–Crippen MR) is 87.7 cm³/mol. The number of carbonyl (C=O) groups is 1. The van der Waals surface area contributed by atoms with Crippen LogP contribution in [0.2, 0.25) is 0 Å². The number of anilines is 1. The Balaban J connectivity index is 1.81. The normalized spacial score (nSPS) is 14.0. The second kappa shape index (κ2) is 5.98. The van der Waals surface area contributed by atoms with Crippen LogP contribution in [0, 0.1) is 5.92 Å². The number of nitrogens with zero attached hydrogens (tertiary/aromatic N) is 1. The van der Waals surface area contributed by atoms with Crippen LogP contribution in [0.5, 0.6) is 0 Å². The molecule has 0 saturated carbocycles. The molecule has 4 heteroatoms. The first-order valence-corrected chi connectivity index (χ1v) is 8.40. The summed E-state index contributed by atoms with van der Waals surface area (Å²) in [5.41, 5.74) is 5.04. The molecule has 0 aliphatic heterocycles. The third-order valence-corrected chi connectivity index (χ3v) is 4.66. The predicted octanol–water partition coefficient (Wildman–Crippen LogP) is 4.28. The molecular weight excluding hydrogens is 280 g/mol. The van der Waals surface area contributed by atoms with E-state index in [0.29, 0.717) is 5.13 Å². The van der Waals surface area contributed by atoms with Gasteiger partial charge in [0.2, 0.25) is 5.91 Å². The number of hydrogen-bond acceptors (Lipinski definition) is 3. The lowest BCUT2D eigenvalue weighted by molar-refractivity contribution is -0.118. The third kappa shape index (κ3) is 3.16. The standard InChI is InChI=1S/C17H20N2OS/c1-11(2)16(20)19-17-18-15(10-21-17)14-8-7-12-5-3-4-6-13(12)9-14/h7-11H,3-6H2,1-2H3,(H,18,19,20). The van der Waals surface area contributed by atoms with Crippen molar-refractivity contribution >= 4 is 22.4 Å². The zero-order chi connectivity index (χ0) is 14.8. The summed E-state index contributed by atoms with van der Waals surface area (Å²) in [5, 5.41) is 5.56. The summed E-state index contributed by atoms with van der Waals surface area (Å²) in [5.74, 6) is -0.0116. The van der Waals surface area contributed by atoms with E-state index in [1.54, 1.807) is 0 Å². The molecule has 21 heavy (non-hydrogen) atoms. The molecule has 1 amide bonds. The molecule has 0 atom stereocenters. The van der Waals surface area contributed by atoms with E-state index in [1.165, 1.54) is 48.1 Å². The maximum atomic E-state index is 11.7. The average molecular weight is 300 g/mol. The number of thiazole rings is 1. The van der Waals surface area contributed by atoms with Gasteiger partial charge in [0.25, 0.3) is 0 Å². The first-order chi connectivity index (χ1) is 10.1. The van der Waals surface area contributed by atoms with Gasteiger partial charge in [-0.3, -0.25) is 4.79 Å². The van der Waals surface area contributed by atoms with Gasteiger partial charge >= 0.3 is 0 Å². The van der Waals surface area contributed by atoms with E-state index in [1.807, 2.05) is 19.2 Å². The van der Waals surface area contributed by atoms with Crippen LogP contribution >= 0.6 is 11.3 Å². The first kappa shape index (κ1) is 14.3. The molecule has 0 spiro atoms. The van der Waals surface area contributed by atoms with Gasteiger partial charge in [-0.1, -0.05) is 26.0 Å². The van der Waals surface area contributed by atoms with Crippen LogP contribution < -0.4 is 5.32 Å². The lowest BCUT2D eigenvalue weighted by atomic mass is 9.90. The maximum Gasteiger partial charge on any atom is 0.228 e. The highest BCUT2D eigenvalue weighted by molar-refractivity contribution is 7.14. The van der Waals surface area contributed by atoms with E-state index < -0.39 is 0 Å². The van der Waals surface area contributed by atoms with Crippen molar-refractivity contribution in [1.82, 2.24) is 4.98 Å². The second-order valence-corrected chi connectivity index (χ2v) is 6.73. The third-order valence-electron chi connectivity index (χ3n) is 3.90. The Morgan fingerprint density at radius 1 is 1.24 bits per heavy atom. The van der Waals surface area contributed by atoms with E-state index in [9.17, 15) is 4.79 Å². The van der Waals surface area contributed by atoms with Crippen LogP contribution in [-0.2, 0) is 17.6 Å². The summed E-state index contributed by atoms with van der Waals surface area (Å²) >= 11 is 1.48. The van der Waals surface area contributed by atoms with E-state index in [2.05, 4.69) is 28.5 Å². The van der Waals surface area contributed by atoms with Crippen molar-refractivity contribution in [2.45, 2.75) is 39.5 Å². The Morgan fingerprint density at radius 3 is 2.76 bits per heavy atom. The summed E-state index contributed by atoms with van der Waals surface area (Å²) < 4.78 is 0. The average Bonchev–Trinajstić information content (AvgIpc) is 2.95. The molecule has 2 aromatic rings. The number of rotatable bonds is 3. The van der Waals surface area contributed by atoms with E-state index in [4.69, 9.17) is 0 Å². The summed E-state index contributed by atoms with van der Waals surface area (Å²) in [7, 11) is 0. The minimum Gasteiger partial charge on any atom is -0.302 e. The molecule has 1 aromatic heterocycles. The lowest BCUT2D eigenvalue weighted by Gasteiger charge is -2.16. The van der Waals surface area contributed by atoms with Crippen molar-refractivity contribution in [3.63, 3.8) is 0 Å². The van der Waals surface area contributed by atoms with Gasteiger partial charge in [-0.05, 0) is 42.9 Å². The van der Waals surface area contributed by atoms with Crippen LogP contribution in [0.3, 0.4) is 0 Å². The van der Waals surface area contributed by atoms with Gasteiger partial charge in [-0.15, -0.1) is 11.3 Å². The molecule has 1 aromatic carbocycles. The number of carbonyl (C=O) groups excluding carboxylic acids is 1. The molecule has 110 valence electrons. The lowest BCUT2D eigenvalue weighted by Crippen LogP contribution is -2.17. The Morgan fingerprint density at radius 2 is 2.00 bits per heavy atom. The number of nitrogens with one attached hydrogen (secondary N) is 1. The van der Waals surface area contributed by atoms with Gasteiger partial charge in [0, 0.05) is 16.9 Å². The maximum absolute atomic E-state index is 11.7. The Hall–Kier alpha value is -1.68. The van der Waals surface area contributed by atoms with Crippen molar-refractivity contribution < 1.29 is 4.79 Å². The first-order valence-electron chi connectivity index (χ1n) is 7.52. The van der Waals surface area contributed by atoms with Crippen LogP contribution in [0.1, 0.15) is 37.8 Å². The summed E-state index contributed by atoms with van der Waals surface area (Å²) in [6.07, 6.45) is 4.95. The highest BCUT2D eigenvalue weighted by Gasteiger charge is 2.13. The zero-order valence-corrected chi connectivity index (χ0v) is 13.3. The molecule has 1 heterocycles. The zero-order valence-electron chi connectivity index (χ0n) is 12.5. The van der Waals surface area contributed by atoms with Crippen molar-refractivity contribution in [3.05, 3.63) is 34.7 Å². The Labute approximate surface area is 129 Å². The Bertz CT molecular complexity index is 661. The molecule has 0 saturated heterocycles. The molecule has 1 aliphatic rings. The molecule has 0 radical (unpaired) electrons. The largest absolute Gasteiger partial charge is 0.302 e. The monoisotopic (exact) mass is 300 g/mol. The van der Waals surface area contributed by atoms with Crippen molar-refractivity contribution in [3.8, 4) is 11.3 Å². The molecule has 1 N–H and O–H groups in total. The number of aromatic nitrogens is 1. The van der Waals surface area contributed by atoms with Gasteiger partial charge in [-0.2, -0.15) is 0 Å². The molecule has 3 rings (SSSR count). The van der Waals surface area contributed by atoms with Crippen LogP contribution in [-0.4, -0.2) is 10.9 Å². The van der Waals surface area contributed by atoms with E-state index >= 15 is 0 Å². The van der Waals surface area contributed by atoms with E-state index in [-0.39, 0.29) is 11.8 Å². The minimum atomic E-state index is -0.0268. The number of fused-ring (bicyclic) bond motifs is 1. The summed E-state index contributed by atoms with van der Waals surface area (Å²) in [6, 6.07) is 6.64. The summed E-state index contributed by atoms with van der Waals surface area (Å²) in [6.45, 7) is 3.76. The quantitative estimate of drug-likeness (QED) is 0.919. The van der Waals surface area contributed by atoms with Gasteiger partial charge in [0.05, 0.1) is 5.69 Å². The van der Waals surface area contributed by atoms with E-state index in [0.717, 1.165) is 11.3 Å². The van der Waals surface area contributed by atoms with Gasteiger partial charge < -0.3 is 5.32 Å². The molecule has 3 nitrogen and oxygen atoms in total. The molecule has 0 fully saturated rings. The van der Waals surface area contributed by atoms with Crippen molar-refractivity contribution in [2.24, 2.45) is 5.92 Å². The number of amides is 1. The smallest absolute Gasteiger partial charge is 0.228 e. The fraction of sp³-hybridized carbons (Fsp3) is 0.412. The topological polar surface area (TPSA) is 42.0 Å². The highest BCUT2D eigenvalue weighted by Crippen LogP contribution is 2.29. The van der Waals surface area contributed by atoms with Crippen LogP contribution in [0.4, 0.5) is 5.13 Å². The fourth-order valence-corrected chi connectivity index (χ4v) is 3.33. The van der Waals surface area contributed by atoms with Crippen molar-refractivity contribution in [2.75, 3.05) is 5.32 Å². The van der Waals surface area contributed by atoms with Crippen LogP contribution in [0.15, 0.2) is 23.6 Å². The number of aryl methyl sites for hydroxylation is 2. The van der Waals surface area contributed by atoms with Gasteiger partial charge in [-0.25, -0.2) is 4.98 Å². The van der Waals surface area contributed by atoms with Crippen molar-refractivity contribution in [1.29, 1.82) is 0 Å². The highest BCUT2D eigenvalue weighted by atomic mass is 32.1. The molecule has 0 bridgehead atoms. The number of hydrogen-bond donors (Lipinski definition) is 1. The van der Waals surface area contributed by atoms with Gasteiger partial charge in [0.15, 0.2) is 5.13 Å². The second-order valence-electron chi connectivity index (χ2n) is 5.87. The molecular formula is C17H20N2OS.